The molecule has 0 fully saturated rings. The van der Waals surface area contributed by atoms with Crippen LogP contribution in [-0.2, 0) is 0 Å². The number of benzene rings is 18. The summed E-state index contributed by atoms with van der Waals surface area (Å²) in [5.41, 5.74) is 25.6. The van der Waals surface area contributed by atoms with E-state index in [1.54, 1.807) is 0 Å². The number of aromatic nitrogens is 10. The molecule has 0 saturated carbocycles. The summed E-state index contributed by atoms with van der Waals surface area (Å²) >= 11 is 0. The molecule has 0 bridgehead atoms. The summed E-state index contributed by atoms with van der Waals surface area (Å²) in [6.07, 6.45) is 0. The van der Waals surface area contributed by atoms with Crippen LogP contribution in [0.5, 0.6) is 0 Å². The van der Waals surface area contributed by atoms with Crippen molar-refractivity contribution in [2.75, 3.05) is 0 Å². The van der Waals surface area contributed by atoms with Gasteiger partial charge in [-0.05, 0) is 168 Å². The molecule has 8 aromatic heterocycles. The van der Waals surface area contributed by atoms with E-state index >= 15 is 0 Å². The molecule has 14 heteroatoms. The molecule has 0 spiro atoms. The molecule has 604 valence electrons. The van der Waals surface area contributed by atoms with Crippen LogP contribution < -0.4 is 0 Å². The second-order valence-corrected chi connectivity index (χ2v) is 32.6. The Kier molecular flexibility index (Phi) is 17.4. The average Bonchev–Trinajstić information content (AvgIpc) is 1.55. The van der Waals surface area contributed by atoms with Gasteiger partial charge < -0.3 is 27.1 Å². The van der Waals surface area contributed by atoms with Crippen molar-refractivity contribution in [2.24, 2.45) is 0 Å². The predicted octanol–water partition coefficient (Wildman–Crippen LogP) is 29.0. The Morgan fingerprint density at radius 2 is 0.531 bits per heavy atom. The number of nitrogens with zero attached hydrogens (tertiary/aromatic N) is 12. The van der Waals surface area contributed by atoms with Crippen molar-refractivity contribution >= 4 is 131 Å². The zero-order valence-electron chi connectivity index (χ0n) is 69.4. The summed E-state index contributed by atoms with van der Waals surface area (Å²) in [5, 5.41) is 35.0. The van der Waals surface area contributed by atoms with Crippen LogP contribution in [0.15, 0.2) is 421 Å². The molecule has 8 heterocycles. The smallest absolute Gasteiger partial charge is 0.164 e. The van der Waals surface area contributed by atoms with Gasteiger partial charge in [0.2, 0.25) is 0 Å². The Morgan fingerprint density at radius 3 is 0.985 bits per heavy atom. The minimum Gasteiger partial charge on any atom is -0.456 e. The first kappa shape index (κ1) is 74.4. The number of hydrogen-bond donors (Lipinski definition) is 0. The molecule has 18 aromatic carbocycles. The van der Waals surface area contributed by atoms with Crippen molar-refractivity contribution in [2.45, 2.75) is 0 Å². The van der Waals surface area contributed by atoms with Gasteiger partial charge in [-0.2, -0.15) is 10.5 Å². The van der Waals surface area contributed by atoms with Crippen LogP contribution >= 0.6 is 0 Å². The number of hydrogen-bond acceptors (Lipinski definition) is 10. The summed E-state index contributed by atoms with van der Waals surface area (Å²) in [7, 11) is 0. The van der Waals surface area contributed by atoms with E-state index in [4.69, 9.17) is 38.7 Å². The Balaban J connectivity index is 0.000000140. The molecule has 0 N–H and O–H groups in total. The van der Waals surface area contributed by atoms with Crippen LogP contribution in [0.2, 0.25) is 0 Å². The van der Waals surface area contributed by atoms with Crippen LogP contribution in [0.3, 0.4) is 0 Å². The summed E-state index contributed by atoms with van der Waals surface area (Å²) < 4.78 is 22.6. The molecular weight excluding hydrogens is 1590 g/mol. The number of nitriles is 2. The van der Waals surface area contributed by atoms with Gasteiger partial charge in [0, 0.05) is 104 Å². The van der Waals surface area contributed by atoms with E-state index < -0.39 is 0 Å². The quantitative estimate of drug-likeness (QED) is 0.115. The Bertz CT molecular complexity index is 9190. The fourth-order valence-corrected chi connectivity index (χ4v) is 19.3. The molecule has 0 amide bonds. The molecule has 0 saturated heterocycles. The molecule has 0 atom stereocenters. The number of furan rings is 2. The van der Waals surface area contributed by atoms with E-state index in [1.165, 1.54) is 5.39 Å². The van der Waals surface area contributed by atoms with E-state index in [-0.39, 0.29) is 0 Å². The summed E-state index contributed by atoms with van der Waals surface area (Å²) in [4.78, 5) is 30.2. The van der Waals surface area contributed by atoms with E-state index in [2.05, 4.69) is 261 Å². The molecule has 130 heavy (non-hydrogen) atoms. The van der Waals surface area contributed by atoms with Gasteiger partial charge in [0.25, 0.3) is 0 Å². The van der Waals surface area contributed by atoms with Crippen molar-refractivity contribution in [3.63, 3.8) is 0 Å². The third-order valence-electron chi connectivity index (χ3n) is 25.2. The van der Waals surface area contributed by atoms with Gasteiger partial charge in [0.1, 0.15) is 34.5 Å². The van der Waals surface area contributed by atoms with E-state index in [1.807, 2.05) is 182 Å². The molecule has 14 nitrogen and oxygen atoms in total. The minimum atomic E-state index is 0.480. The van der Waals surface area contributed by atoms with Crippen molar-refractivity contribution < 1.29 is 8.83 Å². The molecule has 26 rings (SSSR count). The van der Waals surface area contributed by atoms with Crippen LogP contribution in [0.1, 0.15) is 11.1 Å². The highest BCUT2D eigenvalue weighted by Crippen LogP contribution is 2.48. The number of rotatable bonds is 12. The summed E-state index contributed by atoms with van der Waals surface area (Å²) in [6, 6.07) is 146. The van der Waals surface area contributed by atoms with Crippen molar-refractivity contribution in [3.8, 4) is 125 Å². The maximum absolute atomic E-state index is 11.0. The molecule has 0 aliphatic carbocycles. The van der Waals surface area contributed by atoms with Crippen molar-refractivity contribution in [1.29, 1.82) is 10.5 Å². The molecule has 0 unspecified atom stereocenters. The van der Waals surface area contributed by atoms with Gasteiger partial charge in [0.15, 0.2) is 34.9 Å². The minimum absolute atomic E-state index is 0.480. The lowest BCUT2D eigenvalue weighted by atomic mass is 10.0. The van der Waals surface area contributed by atoms with Crippen LogP contribution in [-0.4, -0.2) is 48.2 Å². The second kappa shape index (κ2) is 30.3. The highest BCUT2D eigenvalue weighted by atomic mass is 16.3. The van der Waals surface area contributed by atoms with Crippen LogP contribution in [0.4, 0.5) is 0 Å². The fourth-order valence-electron chi connectivity index (χ4n) is 19.3. The van der Waals surface area contributed by atoms with Gasteiger partial charge >= 0.3 is 0 Å². The van der Waals surface area contributed by atoms with Gasteiger partial charge in [-0.3, -0.25) is 0 Å². The lowest BCUT2D eigenvalue weighted by Crippen LogP contribution is -2.02. The SMILES string of the molecule is N#Cc1cc(-c2nc(-c3ccccc3)nc(-c3cccc(-c4ccccc4)c3)n2)ccc1-n1c2ccccc2c2cc3oc4ccc5c(c6ccccc6n5-c5ccccc5)c4c3cc21.N#Cc1cc(-c2nc(-c3ccccc3)nc(-c3cccc(-c4ccccc4)c3)n2)ccc1-n1c2ccccc2c2cc3oc4ccc5c6ccccc6n(-c6ccccc6)c5c4c3cc21. The van der Waals surface area contributed by atoms with Gasteiger partial charge in [-0.15, -0.1) is 0 Å². The van der Waals surface area contributed by atoms with Gasteiger partial charge in [-0.25, -0.2) is 29.9 Å². The van der Waals surface area contributed by atoms with E-state index in [0.717, 1.165) is 193 Å². The largest absolute Gasteiger partial charge is 0.456 e. The average molecular weight is 1660 g/mol. The molecule has 0 radical (unpaired) electrons. The Morgan fingerprint density at radius 1 is 0.192 bits per heavy atom. The maximum atomic E-state index is 11.0. The lowest BCUT2D eigenvalue weighted by molar-refractivity contribution is 0.669. The van der Waals surface area contributed by atoms with E-state index in [0.29, 0.717) is 57.2 Å². The van der Waals surface area contributed by atoms with Crippen molar-refractivity contribution in [1.82, 2.24) is 48.2 Å². The standard InChI is InChI=1S/2C58H34N6O/c59-35-41-32-40(58-61-56(37-17-6-2-7-18-37)60-57(62-58)39-20-14-19-38(31-39)36-15-4-1-5-16-36)27-29-48(41)64-50-26-13-11-24-44(50)46-34-53-47(33-51(46)64)54-52(65-53)30-28-45-43-23-10-12-25-49(43)63(55(45)54)42-21-8-3-9-22-42;59-35-41-32-40(58-61-56(37-17-6-2-7-18-37)60-57(62-58)39-20-14-19-38(31-39)36-15-4-1-5-16-36)27-28-47(41)64-48-25-12-10-23-43(48)45-34-53-46(33-51(45)64)55-52(65-53)30-29-50-54(55)44-24-11-13-26-49(44)63(50)42-21-8-3-9-22-42/h2*1-34H. The molecule has 0 aliphatic rings. The van der Waals surface area contributed by atoms with Gasteiger partial charge in [-0.1, -0.05) is 267 Å². The first-order chi connectivity index (χ1) is 64.4. The summed E-state index contributed by atoms with van der Waals surface area (Å²) in [6.45, 7) is 0. The zero-order valence-corrected chi connectivity index (χ0v) is 69.4. The first-order valence-corrected chi connectivity index (χ1v) is 43.2. The Labute approximate surface area is 742 Å². The first-order valence-electron chi connectivity index (χ1n) is 43.2. The maximum Gasteiger partial charge on any atom is 0.164 e. The predicted molar refractivity (Wildman–Crippen MR) is 524 cm³/mol. The van der Waals surface area contributed by atoms with E-state index in [9.17, 15) is 10.5 Å². The van der Waals surface area contributed by atoms with Crippen molar-refractivity contribution in [3.05, 3.63) is 424 Å². The zero-order chi connectivity index (χ0) is 86.0. The third kappa shape index (κ3) is 12.2. The molecule has 26 aromatic rings. The second-order valence-electron chi connectivity index (χ2n) is 32.6. The normalized spacial score (nSPS) is 11.7. The highest BCUT2D eigenvalue weighted by Gasteiger charge is 2.28. The Hall–Kier alpha value is -18.2. The monoisotopic (exact) mass is 1660 g/mol. The van der Waals surface area contributed by atoms with Gasteiger partial charge in [0.05, 0.1) is 72.0 Å². The highest BCUT2D eigenvalue weighted by molar-refractivity contribution is 6.30. The third-order valence-corrected chi connectivity index (χ3v) is 25.2. The topological polar surface area (TPSA) is 171 Å². The fraction of sp³-hybridized carbons (Fsp3) is 0. The molecule has 0 aliphatic heterocycles. The van der Waals surface area contributed by atoms with Crippen LogP contribution in [0.25, 0.3) is 244 Å². The number of para-hydroxylation sites is 6. The number of fused-ring (bicyclic) bond motifs is 20. The van der Waals surface area contributed by atoms with Crippen LogP contribution in [0, 0.1) is 22.7 Å². The molecular formula is C116H68N12O2. The summed E-state index contributed by atoms with van der Waals surface area (Å²) in [5.74, 6) is 3.17. The lowest BCUT2D eigenvalue weighted by Gasteiger charge is -2.13.